The average Bonchev–Trinajstić information content (AvgIpc) is 2.90. The highest BCUT2D eigenvalue weighted by atomic mass is 16.5. The van der Waals surface area contributed by atoms with E-state index in [1.54, 1.807) is 18.2 Å². The monoisotopic (exact) mass is 498 g/mol. The molecule has 1 aliphatic rings. The van der Waals surface area contributed by atoms with Gasteiger partial charge in [0, 0.05) is 23.7 Å². The van der Waals surface area contributed by atoms with Gasteiger partial charge in [0.15, 0.2) is 5.78 Å². The fourth-order valence-corrected chi connectivity index (χ4v) is 4.53. The Hall–Kier alpha value is -4.39. The summed E-state index contributed by atoms with van der Waals surface area (Å²) >= 11 is 0. The summed E-state index contributed by atoms with van der Waals surface area (Å²) in [6.07, 6.45) is 3.57. The number of alkyl carbamates (subject to hydrolysis) is 1. The second-order valence-electron chi connectivity index (χ2n) is 9.05. The van der Waals surface area contributed by atoms with E-state index in [0.717, 1.165) is 22.4 Å². The minimum absolute atomic E-state index is 0.0727. The number of carbonyl (C=O) groups is 3. The number of hydrogen-bond acceptors (Lipinski definition) is 5. The van der Waals surface area contributed by atoms with E-state index in [1.165, 1.54) is 0 Å². The van der Waals surface area contributed by atoms with Crippen LogP contribution in [0, 0.1) is 5.92 Å². The number of para-hydroxylation sites is 1. The molecule has 0 saturated carbocycles. The molecule has 3 aromatic rings. The Morgan fingerprint density at radius 2 is 1.68 bits per heavy atom. The molecule has 3 atom stereocenters. The number of ketones is 1. The maximum absolute atomic E-state index is 13.7. The van der Waals surface area contributed by atoms with Crippen LogP contribution in [-0.2, 0) is 16.1 Å². The molecule has 7 heteroatoms. The van der Waals surface area contributed by atoms with Crippen LogP contribution in [0.25, 0.3) is 6.08 Å². The lowest BCUT2D eigenvalue weighted by Crippen LogP contribution is -2.47. The molecule has 1 heterocycles. The van der Waals surface area contributed by atoms with E-state index in [4.69, 9.17) is 9.84 Å². The molecular formula is C30H30N2O5. The summed E-state index contributed by atoms with van der Waals surface area (Å²) in [4.78, 5) is 37.2. The van der Waals surface area contributed by atoms with E-state index < -0.39 is 24.0 Å². The zero-order valence-corrected chi connectivity index (χ0v) is 20.6. The number of carboxylic acid groups (broad SMARTS) is 1. The molecule has 7 nitrogen and oxygen atoms in total. The Balaban J connectivity index is 1.51. The zero-order valence-electron chi connectivity index (χ0n) is 20.6. The summed E-state index contributed by atoms with van der Waals surface area (Å²) in [5.74, 6) is -1.49. The van der Waals surface area contributed by atoms with E-state index >= 15 is 0 Å². The molecule has 3 aromatic carbocycles. The van der Waals surface area contributed by atoms with Gasteiger partial charge in [0.05, 0.1) is 12.0 Å². The smallest absolute Gasteiger partial charge is 0.407 e. The number of aliphatic carboxylic acids is 1. The van der Waals surface area contributed by atoms with Crippen molar-refractivity contribution < 1.29 is 24.2 Å². The van der Waals surface area contributed by atoms with Gasteiger partial charge < -0.3 is 20.5 Å². The highest BCUT2D eigenvalue weighted by molar-refractivity contribution is 6.00. The van der Waals surface area contributed by atoms with Crippen LogP contribution >= 0.6 is 0 Å². The molecule has 0 fully saturated rings. The minimum atomic E-state index is -0.838. The van der Waals surface area contributed by atoms with Crippen LogP contribution in [0.2, 0.25) is 0 Å². The number of carbonyl (C=O) groups excluding carboxylic acids is 2. The predicted molar refractivity (Wildman–Crippen MR) is 142 cm³/mol. The molecule has 0 aromatic heterocycles. The van der Waals surface area contributed by atoms with E-state index in [-0.39, 0.29) is 24.9 Å². The molecule has 0 spiro atoms. The fraction of sp³-hybridized carbons (Fsp3) is 0.233. The molecular weight excluding hydrogens is 468 g/mol. The molecule has 1 amide bonds. The average molecular weight is 499 g/mol. The first-order valence-electron chi connectivity index (χ1n) is 12.3. The van der Waals surface area contributed by atoms with Gasteiger partial charge in [0.2, 0.25) is 0 Å². The number of fused-ring (bicyclic) bond motifs is 1. The summed E-state index contributed by atoms with van der Waals surface area (Å²) < 4.78 is 5.47. The first-order valence-corrected chi connectivity index (χ1v) is 12.3. The Labute approximate surface area is 216 Å². The van der Waals surface area contributed by atoms with Gasteiger partial charge in [0.25, 0.3) is 0 Å². The van der Waals surface area contributed by atoms with Crippen LogP contribution in [0.3, 0.4) is 0 Å². The summed E-state index contributed by atoms with van der Waals surface area (Å²) in [5.41, 5.74) is 3.98. The van der Waals surface area contributed by atoms with E-state index in [1.807, 2.05) is 79.7 Å². The number of hydrogen-bond donors (Lipinski definition) is 3. The lowest BCUT2D eigenvalue weighted by Gasteiger charge is -2.38. The molecule has 0 radical (unpaired) electrons. The van der Waals surface area contributed by atoms with Crippen LogP contribution in [0.5, 0.6) is 0 Å². The first-order chi connectivity index (χ1) is 17.9. The van der Waals surface area contributed by atoms with E-state index in [0.29, 0.717) is 12.0 Å². The molecule has 0 bridgehead atoms. The fourth-order valence-electron chi connectivity index (χ4n) is 4.53. The van der Waals surface area contributed by atoms with Crippen molar-refractivity contribution in [1.82, 2.24) is 5.32 Å². The Kier molecular flexibility index (Phi) is 8.36. The number of amides is 1. The maximum atomic E-state index is 13.7. The first kappa shape index (κ1) is 25.7. The summed E-state index contributed by atoms with van der Waals surface area (Å²) in [5, 5.41) is 15.1. The molecule has 1 aliphatic heterocycles. The summed E-state index contributed by atoms with van der Waals surface area (Å²) in [6.45, 7) is 2.07. The highest BCUT2D eigenvalue weighted by Gasteiger charge is 2.40. The van der Waals surface area contributed by atoms with E-state index in [9.17, 15) is 14.4 Å². The van der Waals surface area contributed by atoms with Crippen molar-refractivity contribution in [3.05, 3.63) is 107 Å². The molecule has 190 valence electrons. The van der Waals surface area contributed by atoms with Gasteiger partial charge in [-0.05, 0) is 36.1 Å². The molecule has 1 unspecified atom stereocenters. The number of rotatable bonds is 9. The molecule has 37 heavy (non-hydrogen) atoms. The molecule has 4 rings (SSSR count). The van der Waals surface area contributed by atoms with Crippen molar-refractivity contribution in [3.8, 4) is 0 Å². The van der Waals surface area contributed by atoms with Crippen LogP contribution < -0.4 is 10.6 Å². The number of Topliss-reactive ketones (excluding diaryl/α,β-unsaturated/α-hetero) is 1. The van der Waals surface area contributed by atoms with Crippen molar-refractivity contribution in [1.29, 1.82) is 0 Å². The second kappa shape index (κ2) is 12.0. The number of anilines is 1. The Bertz CT molecular complexity index is 1270. The van der Waals surface area contributed by atoms with Crippen molar-refractivity contribution in [2.24, 2.45) is 5.92 Å². The second-order valence-corrected chi connectivity index (χ2v) is 9.05. The van der Waals surface area contributed by atoms with Crippen LogP contribution in [0.4, 0.5) is 10.5 Å². The van der Waals surface area contributed by atoms with Gasteiger partial charge in [-0.1, -0.05) is 84.9 Å². The molecule has 0 saturated heterocycles. The van der Waals surface area contributed by atoms with Crippen LogP contribution in [0.1, 0.15) is 52.9 Å². The van der Waals surface area contributed by atoms with Crippen LogP contribution in [-0.4, -0.2) is 29.0 Å². The lowest BCUT2D eigenvalue weighted by atomic mass is 9.78. The SMILES string of the molecule is C[C@@H]1Nc2ccccc2[C@H](NC(=O)OCc2ccccc2)C1C(=O)c1ccc(/C=C/CCC(=O)O)cc1. The van der Waals surface area contributed by atoms with Gasteiger partial charge in [0.1, 0.15) is 6.61 Å². The van der Waals surface area contributed by atoms with Gasteiger partial charge >= 0.3 is 12.1 Å². The zero-order chi connectivity index (χ0) is 26.2. The normalized spacial score (nSPS) is 18.5. The van der Waals surface area contributed by atoms with Gasteiger partial charge in [-0.2, -0.15) is 0 Å². The molecule has 0 aliphatic carbocycles. The maximum Gasteiger partial charge on any atom is 0.407 e. The predicted octanol–water partition coefficient (Wildman–Crippen LogP) is 5.85. The standard InChI is InChI=1S/C30H30N2O5/c1-20-27(29(35)23-17-15-21(16-18-23)9-5-8-14-26(33)34)28(24-12-6-7-13-25(24)31-20)32-30(36)37-19-22-10-3-2-4-11-22/h2-7,9-13,15-18,20,27-28,31H,8,14,19H2,1H3,(H,32,36)(H,33,34)/b9-5+/t20-,27?,28-/m0/s1. The van der Waals surface area contributed by atoms with Crippen molar-refractivity contribution >= 4 is 29.6 Å². The molecule has 3 N–H and O–H groups in total. The van der Waals surface area contributed by atoms with E-state index in [2.05, 4.69) is 10.6 Å². The summed E-state index contributed by atoms with van der Waals surface area (Å²) in [6, 6.07) is 23.4. The van der Waals surface area contributed by atoms with Gasteiger partial charge in [-0.15, -0.1) is 0 Å². The largest absolute Gasteiger partial charge is 0.481 e. The Morgan fingerprint density at radius 1 is 0.973 bits per heavy atom. The van der Waals surface area contributed by atoms with Crippen molar-refractivity contribution in [2.45, 2.75) is 38.5 Å². The minimum Gasteiger partial charge on any atom is -0.481 e. The highest BCUT2D eigenvalue weighted by Crippen LogP contribution is 2.38. The number of carboxylic acids is 1. The lowest BCUT2D eigenvalue weighted by molar-refractivity contribution is -0.136. The van der Waals surface area contributed by atoms with Crippen molar-refractivity contribution in [3.63, 3.8) is 0 Å². The number of allylic oxidation sites excluding steroid dienone is 1. The number of nitrogens with one attached hydrogen (secondary N) is 2. The topological polar surface area (TPSA) is 105 Å². The van der Waals surface area contributed by atoms with Crippen molar-refractivity contribution in [2.75, 3.05) is 5.32 Å². The van der Waals surface area contributed by atoms with Crippen LogP contribution in [0.15, 0.2) is 84.9 Å². The Morgan fingerprint density at radius 3 is 2.41 bits per heavy atom. The third-order valence-corrected chi connectivity index (χ3v) is 6.40. The van der Waals surface area contributed by atoms with Gasteiger partial charge in [-0.25, -0.2) is 4.79 Å². The number of benzene rings is 3. The third kappa shape index (κ3) is 6.64. The number of ether oxygens (including phenoxy) is 1. The quantitative estimate of drug-likeness (QED) is 0.320. The summed E-state index contributed by atoms with van der Waals surface area (Å²) in [7, 11) is 0. The third-order valence-electron chi connectivity index (χ3n) is 6.40. The van der Waals surface area contributed by atoms with Gasteiger partial charge in [-0.3, -0.25) is 9.59 Å².